The zero-order chi connectivity index (χ0) is 19.8. The number of piperidine rings is 1. The Morgan fingerprint density at radius 3 is 2.72 bits per heavy atom. The van der Waals surface area contributed by atoms with Gasteiger partial charge in [0.1, 0.15) is 17.3 Å². The van der Waals surface area contributed by atoms with Gasteiger partial charge in [-0.1, -0.05) is 12.1 Å². The number of hydrogen-bond acceptors (Lipinski definition) is 5. The molecule has 7 heteroatoms. The van der Waals surface area contributed by atoms with Crippen molar-refractivity contribution in [1.82, 2.24) is 19.9 Å². The van der Waals surface area contributed by atoms with Crippen molar-refractivity contribution in [2.24, 2.45) is 0 Å². The molecule has 3 aromatic rings. The van der Waals surface area contributed by atoms with E-state index in [2.05, 4.69) is 15.3 Å². The first kappa shape index (κ1) is 18.4. The van der Waals surface area contributed by atoms with E-state index >= 15 is 0 Å². The first-order chi connectivity index (χ1) is 14.2. The molecule has 1 aliphatic heterocycles. The summed E-state index contributed by atoms with van der Waals surface area (Å²) in [6.07, 6.45) is 5.93. The topological polar surface area (TPSA) is 71.1 Å². The molecule has 2 aliphatic rings. The summed E-state index contributed by atoms with van der Waals surface area (Å²) in [4.78, 5) is 27.2. The summed E-state index contributed by atoms with van der Waals surface area (Å²) in [6.45, 7) is 1.51. The predicted octanol–water partition coefficient (Wildman–Crippen LogP) is 4.44. The minimum atomic E-state index is 0.0664. The Labute approximate surface area is 174 Å². The zero-order valence-electron chi connectivity index (χ0n) is 16.4. The predicted molar refractivity (Wildman–Crippen MR) is 113 cm³/mol. The number of carbonyl (C=O) groups excluding carboxylic acids is 1. The van der Waals surface area contributed by atoms with Crippen molar-refractivity contribution < 1.29 is 9.53 Å². The van der Waals surface area contributed by atoms with E-state index in [9.17, 15) is 4.79 Å². The molecule has 1 amide bonds. The normalized spacial score (nSPS) is 17.5. The van der Waals surface area contributed by atoms with E-state index in [1.165, 1.54) is 12.8 Å². The number of hydrogen-bond donors (Lipinski definition) is 1. The molecule has 0 radical (unpaired) electrons. The lowest BCUT2D eigenvalue weighted by Gasteiger charge is -2.30. The Morgan fingerprint density at radius 2 is 1.97 bits per heavy atom. The maximum atomic E-state index is 12.8. The van der Waals surface area contributed by atoms with Crippen LogP contribution in [0.25, 0.3) is 11.3 Å². The lowest BCUT2D eigenvalue weighted by atomic mass is 9.97. The third-order valence-corrected chi connectivity index (χ3v) is 6.83. The fourth-order valence-corrected chi connectivity index (χ4v) is 4.96. The molecule has 5 rings (SSSR count). The van der Waals surface area contributed by atoms with Gasteiger partial charge in [-0.25, -0.2) is 9.97 Å². The van der Waals surface area contributed by atoms with E-state index < -0.39 is 0 Å². The number of carbonyl (C=O) groups is 1. The number of H-pyrrole nitrogens is 1. The fourth-order valence-electron chi connectivity index (χ4n) is 3.96. The van der Waals surface area contributed by atoms with Gasteiger partial charge in [-0.2, -0.15) is 0 Å². The number of imidazole rings is 1. The molecule has 6 nitrogen and oxygen atoms in total. The Bertz CT molecular complexity index is 1020. The molecule has 1 aromatic carbocycles. The molecule has 2 fully saturated rings. The summed E-state index contributed by atoms with van der Waals surface area (Å²) in [6, 6.07) is 7.97. The third kappa shape index (κ3) is 3.67. The van der Waals surface area contributed by atoms with Gasteiger partial charge in [0.2, 0.25) is 0 Å². The highest BCUT2D eigenvalue weighted by atomic mass is 32.1. The summed E-state index contributed by atoms with van der Waals surface area (Å²) < 4.78 is 5.47. The van der Waals surface area contributed by atoms with Gasteiger partial charge in [-0.3, -0.25) is 4.79 Å². The highest BCUT2D eigenvalue weighted by molar-refractivity contribution is 7.10. The summed E-state index contributed by atoms with van der Waals surface area (Å²) in [5.41, 5.74) is 2.61. The Kier molecular flexibility index (Phi) is 4.83. The van der Waals surface area contributed by atoms with Crippen LogP contribution in [0, 0.1) is 0 Å². The summed E-state index contributed by atoms with van der Waals surface area (Å²) in [5, 5.41) is 3.25. The summed E-state index contributed by atoms with van der Waals surface area (Å²) >= 11 is 1.70. The number of aromatic amines is 1. The van der Waals surface area contributed by atoms with Gasteiger partial charge in [0, 0.05) is 35.9 Å². The van der Waals surface area contributed by atoms with Crippen molar-refractivity contribution in [2.75, 3.05) is 20.2 Å². The zero-order valence-corrected chi connectivity index (χ0v) is 17.2. The molecule has 150 valence electrons. The second kappa shape index (κ2) is 7.63. The average Bonchev–Trinajstić information content (AvgIpc) is 3.30. The van der Waals surface area contributed by atoms with Crippen LogP contribution in [0.3, 0.4) is 0 Å². The first-order valence-corrected chi connectivity index (χ1v) is 11.0. The van der Waals surface area contributed by atoms with Crippen molar-refractivity contribution in [1.29, 1.82) is 0 Å². The van der Waals surface area contributed by atoms with Crippen molar-refractivity contribution >= 4 is 17.2 Å². The van der Waals surface area contributed by atoms with E-state index in [0.717, 1.165) is 53.8 Å². The summed E-state index contributed by atoms with van der Waals surface area (Å²) in [7, 11) is 1.69. The summed E-state index contributed by atoms with van der Waals surface area (Å²) in [5.74, 6) is 2.81. The second-order valence-electron chi connectivity index (χ2n) is 7.79. The standard InChI is InChI=1S/C22H24N4O2S/c1-28-19-5-3-2-4-16(19)18-13-29-21(25-18)15-8-10-26(11-9-15)22(27)17-12-23-20(24-17)14-6-7-14/h2-5,12-15H,6-11H2,1H3,(H,23,24). The lowest BCUT2D eigenvalue weighted by Crippen LogP contribution is -2.38. The molecule has 29 heavy (non-hydrogen) atoms. The maximum Gasteiger partial charge on any atom is 0.271 e. The van der Waals surface area contributed by atoms with E-state index in [4.69, 9.17) is 9.72 Å². The quantitative estimate of drug-likeness (QED) is 0.678. The van der Waals surface area contributed by atoms with E-state index in [1.807, 2.05) is 29.2 Å². The number of nitrogens with one attached hydrogen (secondary N) is 1. The van der Waals surface area contributed by atoms with Crippen LogP contribution in [0.15, 0.2) is 35.8 Å². The molecule has 1 saturated heterocycles. The highest BCUT2D eigenvalue weighted by Crippen LogP contribution is 2.38. The molecule has 0 bridgehead atoms. The van der Waals surface area contributed by atoms with Crippen LogP contribution < -0.4 is 4.74 Å². The number of aromatic nitrogens is 3. The second-order valence-corrected chi connectivity index (χ2v) is 8.68. The molecular formula is C22H24N4O2S. The number of benzene rings is 1. The first-order valence-electron chi connectivity index (χ1n) is 10.2. The molecular weight excluding hydrogens is 384 g/mol. The van der Waals surface area contributed by atoms with Gasteiger partial charge in [0.25, 0.3) is 5.91 Å². The number of thiazole rings is 1. The van der Waals surface area contributed by atoms with Gasteiger partial charge in [0.15, 0.2) is 0 Å². The minimum absolute atomic E-state index is 0.0664. The average molecular weight is 409 g/mol. The molecule has 1 saturated carbocycles. The molecule has 1 aliphatic carbocycles. The number of methoxy groups -OCH3 is 1. The number of rotatable bonds is 5. The van der Waals surface area contributed by atoms with Gasteiger partial charge < -0.3 is 14.6 Å². The third-order valence-electron chi connectivity index (χ3n) is 5.83. The fraction of sp³-hybridized carbons (Fsp3) is 0.409. The van der Waals surface area contributed by atoms with E-state index in [0.29, 0.717) is 17.5 Å². The molecule has 0 unspecified atom stereocenters. The van der Waals surface area contributed by atoms with Crippen LogP contribution in [0.4, 0.5) is 0 Å². The van der Waals surface area contributed by atoms with E-state index in [-0.39, 0.29) is 5.91 Å². The minimum Gasteiger partial charge on any atom is -0.496 e. The molecule has 2 aromatic heterocycles. The monoisotopic (exact) mass is 408 g/mol. The van der Waals surface area contributed by atoms with Crippen LogP contribution >= 0.6 is 11.3 Å². The van der Waals surface area contributed by atoms with Crippen molar-refractivity contribution in [3.63, 3.8) is 0 Å². The maximum absolute atomic E-state index is 12.8. The van der Waals surface area contributed by atoms with Crippen LogP contribution in [0.2, 0.25) is 0 Å². The Balaban J connectivity index is 1.24. The largest absolute Gasteiger partial charge is 0.496 e. The molecule has 0 atom stereocenters. The Morgan fingerprint density at radius 1 is 1.17 bits per heavy atom. The van der Waals surface area contributed by atoms with Crippen LogP contribution in [-0.4, -0.2) is 46.0 Å². The van der Waals surface area contributed by atoms with Crippen molar-refractivity contribution in [3.05, 3.63) is 52.4 Å². The number of amides is 1. The van der Waals surface area contributed by atoms with E-state index in [1.54, 1.807) is 24.6 Å². The van der Waals surface area contributed by atoms with Crippen LogP contribution in [0.5, 0.6) is 5.75 Å². The van der Waals surface area contributed by atoms with Gasteiger partial charge >= 0.3 is 0 Å². The van der Waals surface area contributed by atoms with Crippen LogP contribution in [0.1, 0.15) is 58.8 Å². The number of ether oxygens (including phenoxy) is 1. The SMILES string of the molecule is COc1ccccc1-c1csc(C2CCN(C(=O)c3cnc(C4CC4)[nH]3)CC2)n1. The van der Waals surface area contributed by atoms with Crippen LogP contribution in [-0.2, 0) is 0 Å². The van der Waals surface area contributed by atoms with Crippen molar-refractivity contribution in [3.8, 4) is 17.0 Å². The number of para-hydroxylation sites is 1. The Hall–Kier alpha value is -2.67. The molecule has 1 N–H and O–H groups in total. The molecule has 3 heterocycles. The van der Waals surface area contributed by atoms with Gasteiger partial charge in [-0.05, 0) is 37.8 Å². The number of likely N-dealkylation sites (tertiary alicyclic amines) is 1. The molecule has 0 spiro atoms. The smallest absolute Gasteiger partial charge is 0.271 e. The van der Waals surface area contributed by atoms with Gasteiger partial charge in [0.05, 0.1) is 24.0 Å². The lowest BCUT2D eigenvalue weighted by molar-refractivity contribution is 0.0707. The van der Waals surface area contributed by atoms with Crippen molar-refractivity contribution in [2.45, 2.75) is 37.5 Å². The van der Waals surface area contributed by atoms with Gasteiger partial charge in [-0.15, -0.1) is 11.3 Å². The number of nitrogens with zero attached hydrogens (tertiary/aromatic N) is 3. The highest BCUT2D eigenvalue weighted by Gasteiger charge is 2.30.